The molecule has 2 rings (SSSR count). The number of nitrogens with one attached hydrogen (secondary N) is 1. The molecule has 1 aromatic carbocycles. The van der Waals surface area contributed by atoms with Crippen LogP contribution in [0.3, 0.4) is 0 Å². The van der Waals surface area contributed by atoms with Crippen LogP contribution in [0.2, 0.25) is 0 Å². The van der Waals surface area contributed by atoms with Crippen LogP contribution in [-0.2, 0) is 6.54 Å². The van der Waals surface area contributed by atoms with Crippen molar-refractivity contribution in [2.45, 2.75) is 34.2 Å². The molecule has 0 bridgehead atoms. The van der Waals surface area contributed by atoms with E-state index in [1.54, 1.807) is 6.07 Å². The topological polar surface area (TPSA) is 29.9 Å². The van der Waals surface area contributed by atoms with Crippen molar-refractivity contribution in [2.75, 3.05) is 5.32 Å². The van der Waals surface area contributed by atoms with E-state index in [-0.39, 0.29) is 5.82 Å². The second-order valence-electron chi connectivity index (χ2n) is 5.34. The van der Waals surface area contributed by atoms with Gasteiger partial charge in [-0.1, -0.05) is 13.8 Å². The van der Waals surface area contributed by atoms with E-state index in [0.29, 0.717) is 5.92 Å². The Morgan fingerprint density at radius 2 is 2.05 bits per heavy atom. The lowest BCUT2D eigenvalue weighted by molar-refractivity contribution is 0.527. The van der Waals surface area contributed by atoms with Gasteiger partial charge >= 0.3 is 0 Å². The van der Waals surface area contributed by atoms with Gasteiger partial charge in [0.15, 0.2) is 0 Å². The van der Waals surface area contributed by atoms with Crippen molar-refractivity contribution in [3.8, 4) is 0 Å². The number of benzene rings is 1. The summed E-state index contributed by atoms with van der Waals surface area (Å²) in [7, 11) is 0. The lowest BCUT2D eigenvalue weighted by Gasteiger charge is -2.13. The van der Waals surface area contributed by atoms with E-state index < -0.39 is 0 Å². The summed E-state index contributed by atoms with van der Waals surface area (Å²) in [5.74, 6) is 1.13. The van der Waals surface area contributed by atoms with Crippen molar-refractivity contribution in [3.05, 3.63) is 41.5 Å². The molecule has 2 aromatic rings. The number of aryl methyl sites for hydroxylation is 2. The Morgan fingerprint density at radius 3 is 2.68 bits per heavy atom. The Morgan fingerprint density at radius 1 is 1.32 bits per heavy atom. The monoisotopic (exact) mass is 261 g/mol. The molecule has 0 saturated carbocycles. The fourth-order valence-electron chi connectivity index (χ4n) is 2.07. The molecule has 0 aliphatic carbocycles. The molecule has 0 unspecified atom stereocenters. The molecular formula is C15H20FN3. The molecule has 0 radical (unpaired) electrons. The third-order valence-electron chi connectivity index (χ3n) is 2.89. The van der Waals surface area contributed by atoms with E-state index in [9.17, 15) is 4.39 Å². The molecule has 0 aliphatic heterocycles. The second-order valence-corrected chi connectivity index (χ2v) is 5.34. The molecule has 1 N–H and O–H groups in total. The molecule has 0 fully saturated rings. The maximum Gasteiger partial charge on any atom is 0.207 e. The van der Waals surface area contributed by atoms with Crippen LogP contribution in [0, 0.1) is 25.6 Å². The summed E-state index contributed by atoms with van der Waals surface area (Å²) in [4.78, 5) is 4.48. The van der Waals surface area contributed by atoms with Crippen LogP contribution in [0.25, 0.3) is 0 Å². The van der Waals surface area contributed by atoms with Crippen molar-refractivity contribution in [2.24, 2.45) is 5.92 Å². The second kappa shape index (κ2) is 5.43. The first-order valence-electron chi connectivity index (χ1n) is 6.52. The summed E-state index contributed by atoms with van der Waals surface area (Å²) < 4.78 is 15.2. The van der Waals surface area contributed by atoms with Crippen molar-refractivity contribution < 1.29 is 4.39 Å². The number of nitrogens with zero attached hydrogens (tertiary/aromatic N) is 2. The highest BCUT2D eigenvalue weighted by Crippen LogP contribution is 2.21. The molecule has 0 aliphatic rings. The van der Waals surface area contributed by atoms with Crippen molar-refractivity contribution in [3.63, 3.8) is 0 Å². The highest BCUT2D eigenvalue weighted by Gasteiger charge is 2.09. The number of rotatable bonds is 4. The third kappa shape index (κ3) is 3.34. The van der Waals surface area contributed by atoms with Crippen LogP contribution in [0.15, 0.2) is 24.4 Å². The highest BCUT2D eigenvalue weighted by molar-refractivity contribution is 5.58. The van der Waals surface area contributed by atoms with E-state index in [0.717, 1.165) is 29.4 Å². The fraction of sp³-hybridized carbons (Fsp3) is 0.400. The first kappa shape index (κ1) is 13.6. The predicted molar refractivity (Wildman–Crippen MR) is 76.2 cm³/mol. The van der Waals surface area contributed by atoms with Crippen molar-refractivity contribution in [1.29, 1.82) is 0 Å². The number of hydrogen-bond donors (Lipinski definition) is 1. The summed E-state index contributed by atoms with van der Waals surface area (Å²) in [6, 6.07) is 4.72. The van der Waals surface area contributed by atoms with Crippen LogP contribution in [0.4, 0.5) is 16.0 Å². The number of imidazole rings is 1. The zero-order valence-electron chi connectivity index (χ0n) is 11.9. The summed E-state index contributed by atoms with van der Waals surface area (Å²) in [5.41, 5.74) is 2.73. The van der Waals surface area contributed by atoms with Crippen LogP contribution in [-0.4, -0.2) is 9.55 Å². The Labute approximate surface area is 113 Å². The van der Waals surface area contributed by atoms with Crippen molar-refractivity contribution in [1.82, 2.24) is 9.55 Å². The average molecular weight is 261 g/mol. The molecule has 102 valence electrons. The van der Waals surface area contributed by atoms with E-state index >= 15 is 0 Å². The third-order valence-corrected chi connectivity index (χ3v) is 2.89. The number of aromatic nitrogens is 2. The largest absolute Gasteiger partial charge is 0.325 e. The molecule has 4 heteroatoms. The van der Waals surface area contributed by atoms with E-state index in [1.807, 2.05) is 20.0 Å². The zero-order chi connectivity index (χ0) is 14.0. The van der Waals surface area contributed by atoms with Crippen LogP contribution < -0.4 is 5.32 Å². The Balaban J connectivity index is 2.27. The Hall–Kier alpha value is -1.84. The van der Waals surface area contributed by atoms with Crippen molar-refractivity contribution >= 4 is 11.6 Å². The van der Waals surface area contributed by atoms with E-state index in [4.69, 9.17) is 0 Å². The van der Waals surface area contributed by atoms with Crippen LogP contribution in [0.5, 0.6) is 0 Å². The minimum Gasteiger partial charge on any atom is -0.325 e. The molecule has 1 heterocycles. The maximum atomic E-state index is 13.1. The smallest absolute Gasteiger partial charge is 0.207 e. The zero-order valence-corrected chi connectivity index (χ0v) is 11.9. The molecule has 19 heavy (non-hydrogen) atoms. The summed E-state index contributed by atoms with van der Waals surface area (Å²) >= 11 is 0. The molecule has 0 amide bonds. The molecular weight excluding hydrogens is 241 g/mol. The number of anilines is 2. The molecule has 0 saturated heterocycles. The van der Waals surface area contributed by atoms with Gasteiger partial charge < -0.3 is 9.88 Å². The Bertz CT molecular complexity index is 573. The minimum absolute atomic E-state index is 0.218. The summed E-state index contributed by atoms with van der Waals surface area (Å²) in [5, 5.41) is 3.28. The van der Waals surface area contributed by atoms with Gasteiger partial charge in [0.2, 0.25) is 5.95 Å². The first-order chi connectivity index (χ1) is 8.95. The summed E-state index contributed by atoms with van der Waals surface area (Å²) in [6.07, 6.45) is 2.03. The van der Waals surface area contributed by atoms with Gasteiger partial charge in [-0.25, -0.2) is 9.37 Å². The van der Waals surface area contributed by atoms with Gasteiger partial charge in [0.1, 0.15) is 5.82 Å². The first-order valence-corrected chi connectivity index (χ1v) is 6.52. The minimum atomic E-state index is -0.218. The molecule has 3 nitrogen and oxygen atoms in total. The Kier molecular flexibility index (Phi) is 3.88. The van der Waals surface area contributed by atoms with E-state index in [1.165, 1.54) is 12.1 Å². The maximum absolute atomic E-state index is 13.1. The summed E-state index contributed by atoms with van der Waals surface area (Å²) in [6.45, 7) is 9.10. The van der Waals surface area contributed by atoms with Gasteiger partial charge in [0.25, 0.3) is 0 Å². The highest BCUT2D eigenvalue weighted by atomic mass is 19.1. The standard InChI is InChI=1S/C15H20FN3/c1-10(2)8-19-9-12(4)17-15(19)18-14-6-5-13(16)7-11(14)3/h5-7,9-10H,8H2,1-4H3,(H,17,18). The van der Waals surface area contributed by atoms with Crippen LogP contribution >= 0.6 is 0 Å². The van der Waals surface area contributed by atoms with Gasteiger partial charge in [-0.05, 0) is 43.5 Å². The van der Waals surface area contributed by atoms with E-state index in [2.05, 4.69) is 28.7 Å². The van der Waals surface area contributed by atoms with Gasteiger partial charge in [0.05, 0.1) is 5.69 Å². The quantitative estimate of drug-likeness (QED) is 0.900. The molecule has 0 atom stereocenters. The van der Waals surface area contributed by atoms with Gasteiger partial charge in [-0.2, -0.15) is 0 Å². The van der Waals surface area contributed by atoms with Gasteiger partial charge in [-0.15, -0.1) is 0 Å². The lowest BCUT2D eigenvalue weighted by Crippen LogP contribution is -2.08. The molecule has 0 spiro atoms. The normalized spacial score (nSPS) is 11.1. The van der Waals surface area contributed by atoms with Gasteiger partial charge in [-0.3, -0.25) is 0 Å². The number of halogens is 1. The average Bonchev–Trinajstić information content (AvgIpc) is 2.62. The van der Waals surface area contributed by atoms with Crippen LogP contribution in [0.1, 0.15) is 25.1 Å². The SMILES string of the molecule is Cc1cn(CC(C)C)c(Nc2ccc(F)cc2C)n1. The lowest BCUT2D eigenvalue weighted by atomic mass is 10.2. The fourth-order valence-corrected chi connectivity index (χ4v) is 2.07. The molecule has 1 aromatic heterocycles. The predicted octanol–water partition coefficient (Wildman–Crippen LogP) is 4.04. The number of hydrogen-bond acceptors (Lipinski definition) is 2. The van der Waals surface area contributed by atoms with Gasteiger partial charge in [0, 0.05) is 18.4 Å².